The van der Waals surface area contributed by atoms with Gasteiger partial charge in [-0.2, -0.15) is 0 Å². The molecule has 110 valence electrons. The van der Waals surface area contributed by atoms with Gasteiger partial charge in [0.15, 0.2) is 0 Å². The molecule has 1 unspecified atom stereocenters. The van der Waals surface area contributed by atoms with Gasteiger partial charge in [0.1, 0.15) is 0 Å². The molecule has 0 aromatic heterocycles. The first kappa shape index (κ1) is 16.5. The van der Waals surface area contributed by atoms with E-state index in [2.05, 4.69) is 5.32 Å². The maximum Gasteiger partial charge on any atom is 0.305 e. The van der Waals surface area contributed by atoms with Crippen LogP contribution in [0.3, 0.4) is 0 Å². The molecule has 0 aliphatic heterocycles. The van der Waals surface area contributed by atoms with E-state index in [9.17, 15) is 9.59 Å². The molecule has 1 aromatic carbocycles. The van der Waals surface area contributed by atoms with Crippen molar-refractivity contribution < 1.29 is 14.7 Å². The number of hydrogen-bond donors (Lipinski definition) is 2. The Kier molecular flexibility index (Phi) is 6.02. The predicted octanol–water partition coefficient (Wildman–Crippen LogP) is 3.26. The fourth-order valence-corrected chi connectivity index (χ4v) is 1.85. The standard InChI is InChI=1S/C15H20ClNO3/c1-9(2)10(3)15(20)17-13(8-14(18)19)11-4-6-12(16)7-5-11/h4-7,9-10,13H,8H2,1-3H3,(H,17,20)(H,18,19)/t10?,13-/m0/s1. The van der Waals surface area contributed by atoms with E-state index < -0.39 is 12.0 Å². The maximum atomic E-state index is 12.1. The van der Waals surface area contributed by atoms with Crippen LogP contribution in [-0.4, -0.2) is 17.0 Å². The summed E-state index contributed by atoms with van der Waals surface area (Å²) in [4.78, 5) is 23.0. The Morgan fingerprint density at radius 3 is 2.20 bits per heavy atom. The molecule has 1 aromatic rings. The lowest BCUT2D eigenvalue weighted by Gasteiger charge is -2.22. The minimum absolute atomic E-state index is 0.138. The first-order valence-electron chi connectivity index (χ1n) is 6.59. The summed E-state index contributed by atoms with van der Waals surface area (Å²) >= 11 is 5.82. The van der Waals surface area contributed by atoms with E-state index in [0.29, 0.717) is 5.02 Å². The quantitative estimate of drug-likeness (QED) is 0.847. The summed E-state index contributed by atoms with van der Waals surface area (Å²) in [6.07, 6.45) is -0.155. The SMILES string of the molecule is CC(C)C(C)C(=O)N[C@@H](CC(=O)O)c1ccc(Cl)cc1. The smallest absolute Gasteiger partial charge is 0.305 e. The van der Waals surface area contributed by atoms with Crippen LogP contribution in [0, 0.1) is 11.8 Å². The second kappa shape index (κ2) is 7.29. The lowest BCUT2D eigenvalue weighted by Crippen LogP contribution is -2.35. The van der Waals surface area contributed by atoms with Crippen molar-refractivity contribution in [3.05, 3.63) is 34.9 Å². The summed E-state index contributed by atoms with van der Waals surface area (Å²) < 4.78 is 0. The van der Waals surface area contributed by atoms with Gasteiger partial charge in [0, 0.05) is 10.9 Å². The van der Waals surface area contributed by atoms with Crippen LogP contribution in [0.5, 0.6) is 0 Å². The van der Waals surface area contributed by atoms with Crippen molar-refractivity contribution in [3.8, 4) is 0 Å². The molecule has 0 heterocycles. The molecule has 4 nitrogen and oxygen atoms in total. The maximum absolute atomic E-state index is 12.1. The fraction of sp³-hybridized carbons (Fsp3) is 0.467. The zero-order valence-corrected chi connectivity index (χ0v) is 12.6. The van der Waals surface area contributed by atoms with Crippen LogP contribution in [0.25, 0.3) is 0 Å². The van der Waals surface area contributed by atoms with Gasteiger partial charge in [-0.15, -0.1) is 0 Å². The highest BCUT2D eigenvalue weighted by Gasteiger charge is 2.22. The molecule has 20 heavy (non-hydrogen) atoms. The van der Waals surface area contributed by atoms with Crippen LogP contribution >= 0.6 is 11.6 Å². The Bertz CT molecular complexity index is 471. The second-order valence-corrected chi connectivity index (χ2v) is 5.68. The molecule has 0 aliphatic rings. The van der Waals surface area contributed by atoms with Crippen molar-refractivity contribution in [3.63, 3.8) is 0 Å². The van der Waals surface area contributed by atoms with Gasteiger partial charge in [-0.05, 0) is 23.6 Å². The van der Waals surface area contributed by atoms with E-state index in [-0.39, 0.29) is 24.2 Å². The molecule has 0 fully saturated rings. The zero-order valence-electron chi connectivity index (χ0n) is 11.9. The third-order valence-electron chi connectivity index (χ3n) is 3.38. The van der Waals surface area contributed by atoms with Gasteiger partial charge in [0.2, 0.25) is 5.91 Å². The van der Waals surface area contributed by atoms with Crippen LogP contribution in [0.15, 0.2) is 24.3 Å². The van der Waals surface area contributed by atoms with Gasteiger partial charge in [0.25, 0.3) is 0 Å². The molecular weight excluding hydrogens is 278 g/mol. The molecule has 0 radical (unpaired) electrons. The van der Waals surface area contributed by atoms with E-state index in [1.165, 1.54) is 0 Å². The topological polar surface area (TPSA) is 66.4 Å². The van der Waals surface area contributed by atoms with Crippen LogP contribution in [-0.2, 0) is 9.59 Å². The molecule has 0 bridgehead atoms. The summed E-state index contributed by atoms with van der Waals surface area (Å²) in [5.74, 6) is -1.06. The summed E-state index contributed by atoms with van der Waals surface area (Å²) in [6, 6.07) is 6.29. The average molecular weight is 298 g/mol. The minimum atomic E-state index is -0.956. The second-order valence-electron chi connectivity index (χ2n) is 5.24. The largest absolute Gasteiger partial charge is 0.481 e. The van der Waals surface area contributed by atoms with E-state index in [1.807, 2.05) is 20.8 Å². The van der Waals surface area contributed by atoms with E-state index in [0.717, 1.165) is 5.56 Å². The van der Waals surface area contributed by atoms with Crippen molar-refractivity contribution in [2.75, 3.05) is 0 Å². The molecule has 2 N–H and O–H groups in total. The molecule has 1 amide bonds. The van der Waals surface area contributed by atoms with E-state index >= 15 is 0 Å². The number of rotatable bonds is 6. The molecule has 0 saturated heterocycles. The Morgan fingerprint density at radius 2 is 1.75 bits per heavy atom. The first-order valence-corrected chi connectivity index (χ1v) is 6.96. The molecule has 1 rings (SSSR count). The van der Waals surface area contributed by atoms with Gasteiger partial charge in [-0.1, -0.05) is 44.5 Å². The summed E-state index contributed by atoms with van der Waals surface area (Å²) in [7, 11) is 0. The normalized spacial score (nSPS) is 13.8. The molecular formula is C15H20ClNO3. The summed E-state index contributed by atoms with van der Waals surface area (Å²) in [6.45, 7) is 5.75. The van der Waals surface area contributed by atoms with Crippen LogP contribution in [0.1, 0.15) is 38.8 Å². The Hall–Kier alpha value is -1.55. The Balaban J connectivity index is 2.87. The van der Waals surface area contributed by atoms with Crippen molar-refractivity contribution in [2.24, 2.45) is 11.8 Å². The molecule has 0 spiro atoms. The van der Waals surface area contributed by atoms with Crippen molar-refractivity contribution in [1.29, 1.82) is 0 Å². The van der Waals surface area contributed by atoms with Gasteiger partial charge in [0.05, 0.1) is 12.5 Å². The Morgan fingerprint density at radius 1 is 1.20 bits per heavy atom. The lowest BCUT2D eigenvalue weighted by molar-refractivity contribution is -0.138. The van der Waals surface area contributed by atoms with Crippen molar-refractivity contribution >= 4 is 23.5 Å². The number of hydrogen-bond acceptors (Lipinski definition) is 2. The number of amides is 1. The summed E-state index contributed by atoms with van der Waals surface area (Å²) in [5.41, 5.74) is 0.737. The van der Waals surface area contributed by atoms with Crippen LogP contribution < -0.4 is 5.32 Å². The van der Waals surface area contributed by atoms with Gasteiger partial charge >= 0.3 is 5.97 Å². The lowest BCUT2D eigenvalue weighted by atomic mass is 9.95. The fourth-order valence-electron chi connectivity index (χ4n) is 1.73. The van der Waals surface area contributed by atoms with Crippen molar-refractivity contribution in [1.82, 2.24) is 5.32 Å². The number of aliphatic carboxylic acids is 1. The number of carboxylic acid groups (broad SMARTS) is 1. The number of benzene rings is 1. The van der Waals surface area contributed by atoms with E-state index in [1.54, 1.807) is 24.3 Å². The van der Waals surface area contributed by atoms with Gasteiger partial charge < -0.3 is 10.4 Å². The molecule has 2 atom stereocenters. The van der Waals surface area contributed by atoms with E-state index in [4.69, 9.17) is 16.7 Å². The van der Waals surface area contributed by atoms with Crippen LogP contribution in [0.4, 0.5) is 0 Å². The monoisotopic (exact) mass is 297 g/mol. The minimum Gasteiger partial charge on any atom is -0.481 e. The van der Waals surface area contributed by atoms with Gasteiger partial charge in [-0.25, -0.2) is 0 Å². The zero-order chi connectivity index (χ0) is 15.3. The molecule has 5 heteroatoms. The number of halogens is 1. The Labute approximate surface area is 124 Å². The highest BCUT2D eigenvalue weighted by molar-refractivity contribution is 6.30. The highest BCUT2D eigenvalue weighted by Crippen LogP contribution is 2.21. The third-order valence-corrected chi connectivity index (χ3v) is 3.63. The van der Waals surface area contributed by atoms with Crippen LogP contribution in [0.2, 0.25) is 5.02 Å². The van der Waals surface area contributed by atoms with Gasteiger partial charge in [-0.3, -0.25) is 9.59 Å². The highest BCUT2D eigenvalue weighted by atomic mass is 35.5. The molecule has 0 saturated carbocycles. The first-order chi connectivity index (χ1) is 9.31. The average Bonchev–Trinajstić information content (AvgIpc) is 2.37. The number of carbonyl (C=O) groups excluding carboxylic acids is 1. The predicted molar refractivity (Wildman–Crippen MR) is 78.6 cm³/mol. The van der Waals surface area contributed by atoms with Crippen molar-refractivity contribution in [2.45, 2.75) is 33.2 Å². The number of carboxylic acids is 1. The number of carbonyl (C=O) groups is 2. The number of nitrogens with one attached hydrogen (secondary N) is 1. The third kappa shape index (κ3) is 4.85. The molecule has 0 aliphatic carbocycles. The summed E-state index contributed by atoms with van der Waals surface area (Å²) in [5, 5.41) is 12.4.